The second-order valence-electron chi connectivity index (χ2n) is 14.5. The maximum Gasteiger partial charge on any atom is 0.346 e. The van der Waals surface area contributed by atoms with E-state index in [-0.39, 0.29) is 11.3 Å². The maximum atomic E-state index is 11.4. The van der Waals surface area contributed by atoms with Crippen LogP contribution in [0.1, 0.15) is 49.7 Å². The van der Waals surface area contributed by atoms with Crippen molar-refractivity contribution < 1.29 is 19.8 Å². The largest absolute Gasteiger partial charge is 0.486 e. The van der Waals surface area contributed by atoms with Crippen LogP contribution >= 0.6 is 0 Å². The van der Waals surface area contributed by atoms with E-state index in [4.69, 9.17) is 6.57 Å². The summed E-state index contributed by atoms with van der Waals surface area (Å²) in [6.07, 6.45) is 16.2. The van der Waals surface area contributed by atoms with Gasteiger partial charge in [0, 0.05) is 34.1 Å². The number of hydrogen-bond donors (Lipinski definition) is 2. The summed E-state index contributed by atoms with van der Waals surface area (Å²) in [6, 6.07) is 47.6. The van der Waals surface area contributed by atoms with Crippen molar-refractivity contribution in [3.63, 3.8) is 0 Å². The summed E-state index contributed by atoms with van der Waals surface area (Å²) in [5.74, 6) is -2.42. The molecule has 8 nitrogen and oxygen atoms in total. The fraction of sp³-hybridized carbons (Fsp3) is 0.115. The number of para-hydroxylation sites is 2. The van der Waals surface area contributed by atoms with Crippen molar-refractivity contribution in [3.8, 4) is 6.07 Å². The number of benzene rings is 5. The first-order valence-electron chi connectivity index (χ1n) is 19.8. The van der Waals surface area contributed by atoms with Crippen molar-refractivity contribution in [2.45, 2.75) is 38.5 Å². The van der Waals surface area contributed by atoms with Crippen LogP contribution < -0.4 is 9.80 Å². The fourth-order valence-electron chi connectivity index (χ4n) is 7.52. The van der Waals surface area contributed by atoms with Crippen LogP contribution in [0.5, 0.6) is 0 Å². The Balaban J connectivity index is 1.16. The Hall–Kier alpha value is -7.94. The third kappa shape index (κ3) is 9.95. The van der Waals surface area contributed by atoms with E-state index in [0.717, 1.165) is 106 Å². The highest BCUT2D eigenvalue weighted by Crippen LogP contribution is 2.39. The van der Waals surface area contributed by atoms with E-state index in [2.05, 4.69) is 124 Å². The molecule has 0 unspecified atom stereocenters. The Bertz CT molecular complexity index is 2450. The maximum absolute atomic E-state index is 11.4. The predicted molar refractivity (Wildman–Crippen MR) is 239 cm³/mol. The molecular weight excluding hydrogens is 745 g/mol. The summed E-state index contributed by atoms with van der Waals surface area (Å²) in [6.45, 7) is 7.19. The molecule has 0 amide bonds. The molecule has 2 aliphatic rings. The molecule has 8 heteroatoms. The second-order valence-corrected chi connectivity index (χ2v) is 14.5. The van der Waals surface area contributed by atoms with Gasteiger partial charge in [-0.3, -0.25) is 4.79 Å². The summed E-state index contributed by atoms with van der Waals surface area (Å²) in [5, 5.41) is 27.8. The number of rotatable bonds is 12. The Morgan fingerprint density at radius 3 is 1.30 bits per heavy atom. The summed E-state index contributed by atoms with van der Waals surface area (Å²) < 4.78 is 0. The van der Waals surface area contributed by atoms with Gasteiger partial charge in [0.2, 0.25) is 0 Å². The van der Waals surface area contributed by atoms with Crippen LogP contribution in [-0.4, -0.2) is 22.2 Å². The number of carboxylic acids is 2. The van der Waals surface area contributed by atoms with Gasteiger partial charge in [-0.25, -0.2) is 9.64 Å². The molecule has 5 aromatic carbocycles. The van der Waals surface area contributed by atoms with E-state index in [1.807, 2.05) is 48.6 Å². The molecule has 0 aliphatic heterocycles. The molecule has 294 valence electrons. The lowest BCUT2D eigenvalue weighted by atomic mass is 9.92. The number of anilines is 6. The molecule has 0 atom stereocenters. The van der Waals surface area contributed by atoms with Gasteiger partial charge in [-0.15, -0.1) is 0 Å². The van der Waals surface area contributed by atoms with Gasteiger partial charge in [-0.1, -0.05) is 90.5 Å². The number of carboxylic acid groups (broad SMARTS) is 2. The zero-order chi connectivity index (χ0) is 41.8. The topological polar surface area (TPSA) is 109 Å². The molecule has 0 bridgehead atoms. The average molecular weight is 787 g/mol. The molecule has 60 heavy (non-hydrogen) atoms. The van der Waals surface area contributed by atoms with Crippen molar-refractivity contribution >= 4 is 58.2 Å². The van der Waals surface area contributed by atoms with Gasteiger partial charge in [-0.2, -0.15) is 5.26 Å². The molecule has 0 fully saturated rings. The monoisotopic (exact) mass is 786 g/mol. The first-order chi connectivity index (χ1) is 29.3. The molecule has 2 N–H and O–H groups in total. The van der Waals surface area contributed by atoms with Crippen molar-refractivity contribution in [2.75, 3.05) is 9.80 Å². The van der Waals surface area contributed by atoms with Crippen molar-refractivity contribution in [2.24, 2.45) is 0 Å². The van der Waals surface area contributed by atoms with E-state index in [1.165, 1.54) is 12.2 Å². The number of aliphatic carboxylic acids is 2. The molecule has 0 heterocycles. The molecule has 2 aliphatic carbocycles. The zero-order valence-electron chi connectivity index (χ0n) is 32.9. The van der Waals surface area contributed by atoms with Crippen molar-refractivity contribution in [1.82, 2.24) is 0 Å². The van der Waals surface area contributed by atoms with Gasteiger partial charge in [0.25, 0.3) is 5.70 Å². The molecule has 5 aromatic rings. The van der Waals surface area contributed by atoms with Crippen LogP contribution in [0.25, 0.3) is 17.0 Å². The Labute approximate surface area is 350 Å². The van der Waals surface area contributed by atoms with Gasteiger partial charge in [-0.05, 0) is 151 Å². The van der Waals surface area contributed by atoms with Crippen LogP contribution in [0, 0.1) is 17.9 Å². The lowest BCUT2D eigenvalue weighted by Gasteiger charge is -2.28. The first kappa shape index (κ1) is 40.3. The molecule has 0 spiro atoms. The van der Waals surface area contributed by atoms with Crippen LogP contribution in [-0.2, 0) is 9.59 Å². The quantitative estimate of drug-likeness (QED) is 0.0736. The van der Waals surface area contributed by atoms with E-state index in [9.17, 15) is 25.1 Å². The highest BCUT2D eigenvalue weighted by atomic mass is 16.4. The fourth-order valence-corrected chi connectivity index (χ4v) is 7.52. The highest BCUT2D eigenvalue weighted by Gasteiger charge is 2.17. The molecule has 7 rings (SSSR count). The lowest BCUT2D eigenvalue weighted by molar-refractivity contribution is -0.133. The summed E-state index contributed by atoms with van der Waals surface area (Å²) in [4.78, 5) is 30.4. The van der Waals surface area contributed by atoms with Gasteiger partial charge < -0.3 is 20.0 Å². The molecule has 0 saturated carbocycles. The second kappa shape index (κ2) is 19.0. The zero-order valence-corrected chi connectivity index (χ0v) is 32.9. The van der Waals surface area contributed by atoms with E-state index >= 15 is 0 Å². The van der Waals surface area contributed by atoms with Crippen LogP contribution in [0.3, 0.4) is 0 Å². The Morgan fingerprint density at radius 2 is 0.933 bits per heavy atom. The molecular formula is C52H42N4O4. The summed E-state index contributed by atoms with van der Waals surface area (Å²) in [7, 11) is 0. The van der Waals surface area contributed by atoms with E-state index < -0.39 is 11.9 Å². The Kier molecular flexibility index (Phi) is 12.8. The SMILES string of the molecule is [C-]#[N+]/C(=C\C1=CC(=C/c2ccc(N(c3ccccc3)c3ccc(N(c4ccccc4)c4ccc(/C=C5C=C(/C=C(\C#N)C(=O)O)CCC/5)cc4)cc3)cc2)/CCC1)C(=O)O. The van der Waals surface area contributed by atoms with Gasteiger partial charge in [0.05, 0.1) is 6.57 Å². The normalized spacial score (nSPS) is 15.6. The number of nitrogens with zero attached hydrogens (tertiary/aromatic N) is 4. The number of nitriles is 1. The molecule has 0 aromatic heterocycles. The van der Waals surface area contributed by atoms with Gasteiger partial charge in [0.15, 0.2) is 0 Å². The van der Waals surface area contributed by atoms with Gasteiger partial charge >= 0.3 is 11.9 Å². The average Bonchev–Trinajstić information content (AvgIpc) is 3.27. The molecule has 0 radical (unpaired) electrons. The van der Waals surface area contributed by atoms with E-state index in [0.29, 0.717) is 0 Å². The van der Waals surface area contributed by atoms with Crippen LogP contribution in [0.15, 0.2) is 191 Å². The minimum absolute atomic E-state index is 0.256. The van der Waals surface area contributed by atoms with Gasteiger partial charge in [0.1, 0.15) is 11.6 Å². The highest BCUT2D eigenvalue weighted by molar-refractivity contribution is 5.92. The van der Waals surface area contributed by atoms with Crippen molar-refractivity contribution in [1.29, 1.82) is 5.26 Å². The first-order valence-corrected chi connectivity index (χ1v) is 19.8. The summed E-state index contributed by atoms with van der Waals surface area (Å²) in [5.41, 5.74) is 11.4. The Morgan fingerprint density at radius 1 is 0.550 bits per heavy atom. The third-order valence-electron chi connectivity index (χ3n) is 10.3. The summed E-state index contributed by atoms with van der Waals surface area (Å²) >= 11 is 0. The number of hydrogen-bond acceptors (Lipinski definition) is 5. The van der Waals surface area contributed by atoms with Crippen LogP contribution in [0.4, 0.5) is 34.1 Å². The lowest BCUT2D eigenvalue weighted by Crippen LogP contribution is -2.12. The smallest absolute Gasteiger partial charge is 0.346 e. The molecule has 0 saturated heterocycles. The minimum Gasteiger partial charge on any atom is -0.486 e. The minimum atomic E-state index is -1.21. The standard InChI is InChI=1S/C52H42N4O4/c1-54-50(52(59)60)35-42-13-9-11-40(33-42)31-38-20-24-47(25-21-38)56(45-16-6-3-7-17-45)49-28-26-48(27-29-49)55(44-14-4-2-5-15-44)46-22-18-37(19-23-46)30-39-10-8-12-41(32-39)34-43(36-53)51(57)58/h2-7,14-35H,8-13H2,(H,57,58)(H,59,60)/b39-30+,40-31+,43-34+,50-35-. The van der Waals surface area contributed by atoms with E-state index in [1.54, 1.807) is 6.07 Å². The van der Waals surface area contributed by atoms with Crippen molar-refractivity contribution in [3.05, 3.63) is 214 Å². The number of carbonyl (C=O) groups is 2. The third-order valence-corrected chi connectivity index (χ3v) is 10.3. The van der Waals surface area contributed by atoms with Crippen LogP contribution in [0.2, 0.25) is 0 Å². The predicted octanol–water partition coefficient (Wildman–Crippen LogP) is 13.0. The number of allylic oxidation sites excluding steroid dienone is 8.